The molecule has 0 saturated heterocycles. The lowest BCUT2D eigenvalue weighted by molar-refractivity contribution is 0.569. The van der Waals surface area contributed by atoms with Crippen LogP contribution in [0.3, 0.4) is 0 Å². The molecular formula is C15H20N4O2S3. The third-order valence-corrected chi connectivity index (χ3v) is 7.02. The fourth-order valence-corrected chi connectivity index (χ4v) is 5.36. The van der Waals surface area contributed by atoms with Crippen LogP contribution in [0.5, 0.6) is 0 Å². The Labute approximate surface area is 149 Å². The number of thiophene rings is 1. The molecule has 3 aromatic heterocycles. The zero-order chi connectivity index (χ0) is 17.5. The van der Waals surface area contributed by atoms with Crippen molar-refractivity contribution >= 4 is 37.7 Å². The largest absolute Gasteiger partial charge is 0.260 e. The van der Waals surface area contributed by atoms with Gasteiger partial charge in [0.1, 0.15) is 5.01 Å². The fraction of sp³-hybridized carbons (Fsp3) is 0.467. The van der Waals surface area contributed by atoms with Crippen molar-refractivity contribution < 1.29 is 8.42 Å². The molecule has 24 heavy (non-hydrogen) atoms. The molecule has 0 unspecified atom stereocenters. The maximum absolute atomic E-state index is 12.9. The van der Waals surface area contributed by atoms with Crippen LogP contribution in [0, 0.1) is 0 Å². The lowest BCUT2D eigenvalue weighted by atomic mass is 10.2. The number of rotatable bonds is 6. The Kier molecular flexibility index (Phi) is 4.78. The Morgan fingerprint density at radius 1 is 1.25 bits per heavy atom. The lowest BCUT2D eigenvalue weighted by Gasteiger charge is -2.08. The third-order valence-electron chi connectivity index (χ3n) is 3.52. The molecule has 3 heterocycles. The van der Waals surface area contributed by atoms with E-state index >= 15 is 0 Å². The molecule has 0 saturated carbocycles. The predicted molar refractivity (Wildman–Crippen MR) is 97.4 cm³/mol. The van der Waals surface area contributed by atoms with Crippen LogP contribution < -0.4 is 4.72 Å². The van der Waals surface area contributed by atoms with Crippen molar-refractivity contribution in [2.45, 2.75) is 51.1 Å². The monoisotopic (exact) mass is 384 g/mol. The Morgan fingerprint density at radius 3 is 2.58 bits per heavy atom. The van der Waals surface area contributed by atoms with Gasteiger partial charge in [-0.05, 0) is 17.4 Å². The first-order valence-corrected chi connectivity index (χ1v) is 10.9. The van der Waals surface area contributed by atoms with Crippen molar-refractivity contribution in [2.24, 2.45) is 0 Å². The van der Waals surface area contributed by atoms with Gasteiger partial charge in [-0.15, -0.1) is 11.3 Å². The van der Waals surface area contributed by atoms with E-state index in [1.807, 2.05) is 45.2 Å². The van der Waals surface area contributed by atoms with Crippen LogP contribution in [0.2, 0.25) is 0 Å². The summed E-state index contributed by atoms with van der Waals surface area (Å²) < 4.78 is 30.0. The molecular weight excluding hydrogens is 364 g/mol. The minimum Gasteiger partial charge on any atom is -0.221 e. The van der Waals surface area contributed by atoms with E-state index in [1.54, 1.807) is 0 Å². The van der Waals surface area contributed by atoms with Crippen molar-refractivity contribution in [3.63, 3.8) is 0 Å². The summed E-state index contributed by atoms with van der Waals surface area (Å²) in [7, 11) is -3.71. The molecule has 1 N–H and O–H groups in total. The van der Waals surface area contributed by atoms with Gasteiger partial charge in [-0.1, -0.05) is 45.1 Å². The van der Waals surface area contributed by atoms with Crippen molar-refractivity contribution in [2.75, 3.05) is 0 Å². The second-order valence-corrected chi connectivity index (χ2v) is 9.85. The van der Waals surface area contributed by atoms with Crippen molar-refractivity contribution in [1.29, 1.82) is 0 Å². The normalized spacial score (nSPS) is 12.8. The molecule has 0 atom stereocenters. The Bertz CT molecular complexity index is 937. The van der Waals surface area contributed by atoms with Crippen LogP contribution in [0.1, 0.15) is 55.1 Å². The molecule has 0 aromatic carbocycles. The van der Waals surface area contributed by atoms with Gasteiger partial charge in [-0.3, -0.25) is 0 Å². The molecule has 0 aliphatic carbocycles. The summed E-state index contributed by atoms with van der Waals surface area (Å²) in [5.41, 5.74) is 0.558. The van der Waals surface area contributed by atoms with Gasteiger partial charge in [0.2, 0.25) is 4.96 Å². The molecule has 6 nitrogen and oxygen atoms in total. The van der Waals surface area contributed by atoms with E-state index in [1.165, 1.54) is 27.2 Å². The van der Waals surface area contributed by atoms with E-state index in [2.05, 4.69) is 14.8 Å². The standard InChI is InChI=1S/C15H20N4O2S3/c1-9(2)12-14(19-15(17-12)23-13(18-19)10(3)4)24(20,21)16-8-11-6-5-7-22-11/h5-7,9-10,16H,8H2,1-4H3. The van der Waals surface area contributed by atoms with E-state index < -0.39 is 10.0 Å². The molecule has 0 amide bonds. The summed E-state index contributed by atoms with van der Waals surface area (Å²) in [5, 5.41) is 7.45. The number of nitrogens with one attached hydrogen (secondary N) is 1. The van der Waals surface area contributed by atoms with Crippen molar-refractivity contribution in [1.82, 2.24) is 19.3 Å². The Balaban J connectivity index is 2.05. The van der Waals surface area contributed by atoms with Crippen LogP contribution in [-0.4, -0.2) is 23.0 Å². The summed E-state index contributed by atoms with van der Waals surface area (Å²) >= 11 is 2.96. The molecule has 0 radical (unpaired) electrons. The molecule has 9 heteroatoms. The van der Waals surface area contributed by atoms with Gasteiger partial charge in [0.15, 0.2) is 5.03 Å². The van der Waals surface area contributed by atoms with Gasteiger partial charge in [0, 0.05) is 17.3 Å². The highest BCUT2D eigenvalue weighted by Gasteiger charge is 2.29. The molecule has 0 fully saturated rings. The summed E-state index contributed by atoms with van der Waals surface area (Å²) in [6.45, 7) is 8.21. The van der Waals surface area contributed by atoms with Crippen molar-refractivity contribution in [3.05, 3.63) is 33.1 Å². The zero-order valence-electron chi connectivity index (χ0n) is 14.0. The highest BCUT2D eigenvalue weighted by molar-refractivity contribution is 7.89. The average Bonchev–Trinajstić information content (AvgIpc) is 3.19. The van der Waals surface area contributed by atoms with Gasteiger partial charge in [0.05, 0.1) is 5.69 Å². The molecule has 0 spiro atoms. The van der Waals surface area contributed by atoms with Gasteiger partial charge in [-0.2, -0.15) is 9.61 Å². The Morgan fingerprint density at radius 2 is 2.00 bits per heavy atom. The first kappa shape index (κ1) is 17.5. The molecule has 0 aliphatic heterocycles. The fourth-order valence-electron chi connectivity index (χ4n) is 2.27. The summed E-state index contributed by atoms with van der Waals surface area (Å²) in [5.74, 6) is 0.226. The second kappa shape index (κ2) is 6.55. The highest BCUT2D eigenvalue weighted by Crippen LogP contribution is 2.29. The SMILES string of the molecule is CC(C)c1nn2c(S(=O)(=O)NCc3cccs3)c(C(C)C)nc2s1. The zero-order valence-corrected chi connectivity index (χ0v) is 16.4. The topological polar surface area (TPSA) is 76.4 Å². The first-order chi connectivity index (χ1) is 11.3. The molecule has 3 rings (SSSR count). The second-order valence-electron chi connectivity index (χ2n) is 6.15. The number of imidazole rings is 1. The summed E-state index contributed by atoms with van der Waals surface area (Å²) in [6.07, 6.45) is 0. The van der Waals surface area contributed by atoms with Crippen LogP contribution in [0.4, 0.5) is 0 Å². The van der Waals surface area contributed by atoms with Gasteiger partial charge < -0.3 is 0 Å². The minimum absolute atomic E-state index is 0.00490. The van der Waals surface area contributed by atoms with E-state index in [0.29, 0.717) is 10.7 Å². The molecule has 130 valence electrons. The van der Waals surface area contributed by atoms with E-state index in [0.717, 1.165) is 9.88 Å². The number of nitrogens with zero attached hydrogens (tertiary/aromatic N) is 3. The molecule has 3 aromatic rings. The highest BCUT2D eigenvalue weighted by atomic mass is 32.2. The quantitative estimate of drug-likeness (QED) is 0.705. The van der Waals surface area contributed by atoms with Gasteiger partial charge in [-0.25, -0.2) is 18.1 Å². The van der Waals surface area contributed by atoms with Crippen LogP contribution >= 0.6 is 22.7 Å². The number of fused-ring (bicyclic) bond motifs is 1. The van der Waals surface area contributed by atoms with E-state index in [9.17, 15) is 8.42 Å². The van der Waals surface area contributed by atoms with E-state index in [4.69, 9.17) is 0 Å². The number of hydrogen-bond acceptors (Lipinski definition) is 6. The first-order valence-electron chi connectivity index (χ1n) is 7.71. The smallest absolute Gasteiger partial charge is 0.221 e. The summed E-state index contributed by atoms with van der Waals surface area (Å²) in [6, 6.07) is 3.81. The maximum atomic E-state index is 12.9. The van der Waals surface area contributed by atoms with Gasteiger partial charge in [0.25, 0.3) is 10.0 Å². The van der Waals surface area contributed by atoms with Crippen LogP contribution in [0.15, 0.2) is 22.5 Å². The van der Waals surface area contributed by atoms with Crippen LogP contribution in [0.25, 0.3) is 4.96 Å². The van der Waals surface area contributed by atoms with Crippen LogP contribution in [-0.2, 0) is 16.6 Å². The maximum Gasteiger partial charge on any atom is 0.260 e. The third kappa shape index (κ3) is 3.26. The number of aromatic nitrogens is 3. The molecule has 0 bridgehead atoms. The average molecular weight is 385 g/mol. The minimum atomic E-state index is -3.71. The summed E-state index contributed by atoms with van der Waals surface area (Å²) in [4.78, 5) is 6.12. The Hall–Kier alpha value is -1.29. The number of sulfonamides is 1. The predicted octanol–water partition coefficient (Wildman–Crippen LogP) is 3.58. The lowest BCUT2D eigenvalue weighted by Crippen LogP contribution is -2.25. The van der Waals surface area contributed by atoms with Gasteiger partial charge >= 0.3 is 0 Å². The number of hydrogen-bond donors (Lipinski definition) is 1. The molecule has 0 aliphatic rings. The van der Waals surface area contributed by atoms with E-state index in [-0.39, 0.29) is 23.4 Å². The van der Waals surface area contributed by atoms with Crippen molar-refractivity contribution in [3.8, 4) is 0 Å².